The number of amides is 2. The summed E-state index contributed by atoms with van der Waals surface area (Å²) in [6.45, 7) is 0. The van der Waals surface area contributed by atoms with Gasteiger partial charge in [-0.1, -0.05) is 60.7 Å². The van der Waals surface area contributed by atoms with E-state index in [1.807, 2.05) is 12.1 Å². The molecule has 10 heteroatoms. The van der Waals surface area contributed by atoms with E-state index in [1.54, 1.807) is 48.5 Å². The molecule has 0 spiro atoms. The van der Waals surface area contributed by atoms with Crippen molar-refractivity contribution in [3.05, 3.63) is 71.8 Å². The van der Waals surface area contributed by atoms with Gasteiger partial charge in [-0.3, -0.25) is 19.2 Å². The molecule has 0 bridgehead atoms. The van der Waals surface area contributed by atoms with E-state index in [0.717, 1.165) is 0 Å². The summed E-state index contributed by atoms with van der Waals surface area (Å²) in [6, 6.07) is 17.7. The van der Waals surface area contributed by atoms with Gasteiger partial charge >= 0.3 is 11.9 Å². The van der Waals surface area contributed by atoms with Gasteiger partial charge in [0.05, 0.1) is 24.3 Å². The Labute approximate surface area is 196 Å². The fourth-order valence-corrected chi connectivity index (χ4v) is 2.84. The summed E-state index contributed by atoms with van der Waals surface area (Å²) in [5.41, 5.74) is 6.92. The van der Waals surface area contributed by atoms with Crippen LogP contribution in [0.4, 0.5) is 0 Å². The van der Waals surface area contributed by atoms with Crippen molar-refractivity contribution < 1.29 is 29.4 Å². The van der Waals surface area contributed by atoms with Crippen LogP contribution in [0, 0.1) is 0 Å². The maximum atomic E-state index is 12.1. The molecule has 2 amide bonds. The van der Waals surface area contributed by atoms with E-state index >= 15 is 0 Å². The lowest BCUT2D eigenvalue weighted by atomic mass is 10.1. The molecule has 0 fully saturated rings. The van der Waals surface area contributed by atoms with Crippen LogP contribution >= 0.6 is 0 Å². The third-order valence-electron chi connectivity index (χ3n) is 4.58. The highest BCUT2D eigenvalue weighted by Crippen LogP contribution is 2.08. The first-order valence-corrected chi connectivity index (χ1v) is 10.6. The lowest BCUT2D eigenvalue weighted by Gasteiger charge is -2.07. The van der Waals surface area contributed by atoms with E-state index in [0.29, 0.717) is 22.6 Å². The minimum absolute atomic E-state index is 0.132. The minimum atomic E-state index is -0.981. The maximum absolute atomic E-state index is 12.1. The largest absolute Gasteiger partial charge is 0.481 e. The van der Waals surface area contributed by atoms with Crippen LogP contribution in [0.25, 0.3) is 0 Å². The molecule has 2 aromatic rings. The lowest BCUT2D eigenvalue weighted by Crippen LogP contribution is -2.25. The Hall–Kier alpha value is -4.34. The van der Waals surface area contributed by atoms with E-state index in [-0.39, 0.29) is 38.5 Å². The predicted molar refractivity (Wildman–Crippen MR) is 125 cm³/mol. The third kappa shape index (κ3) is 9.86. The van der Waals surface area contributed by atoms with Crippen molar-refractivity contribution >= 4 is 35.2 Å². The van der Waals surface area contributed by atoms with Crippen LogP contribution in [-0.2, 0) is 19.2 Å². The number of benzene rings is 2. The normalized spacial score (nSPS) is 11.5. The number of hydrogen-bond donors (Lipinski definition) is 4. The highest BCUT2D eigenvalue weighted by molar-refractivity contribution is 6.03. The molecule has 10 nitrogen and oxygen atoms in total. The van der Waals surface area contributed by atoms with Crippen LogP contribution in [-0.4, -0.2) is 45.4 Å². The number of carboxylic acids is 2. The van der Waals surface area contributed by atoms with Gasteiger partial charge in [0.15, 0.2) is 0 Å². The van der Waals surface area contributed by atoms with E-state index in [4.69, 9.17) is 10.2 Å². The molecule has 0 heterocycles. The van der Waals surface area contributed by atoms with Gasteiger partial charge in [-0.05, 0) is 11.1 Å². The van der Waals surface area contributed by atoms with Gasteiger partial charge in [0.25, 0.3) is 0 Å². The Morgan fingerprint density at radius 1 is 0.559 bits per heavy atom. The monoisotopic (exact) mass is 466 g/mol. The fourth-order valence-electron chi connectivity index (χ4n) is 2.84. The van der Waals surface area contributed by atoms with E-state index < -0.39 is 23.8 Å². The average molecular weight is 466 g/mol. The van der Waals surface area contributed by atoms with Crippen LogP contribution < -0.4 is 10.9 Å². The zero-order valence-corrected chi connectivity index (χ0v) is 18.4. The van der Waals surface area contributed by atoms with Crippen LogP contribution in [0.3, 0.4) is 0 Å². The van der Waals surface area contributed by atoms with Gasteiger partial charge in [0.1, 0.15) is 0 Å². The van der Waals surface area contributed by atoms with E-state index in [9.17, 15) is 19.2 Å². The van der Waals surface area contributed by atoms with E-state index in [1.165, 1.54) is 0 Å². The molecular weight excluding hydrogens is 440 g/mol. The Bertz CT molecular complexity index is 966. The second-order valence-corrected chi connectivity index (χ2v) is 7.21. The number of aliphatic carboxylic acids is 2. The summed E-state index contributed by atoms with van der Waals surface area (Å²) in [6.07, 6.45) is -0.352. The van der Waals surface area contributed by atoms with Crippen LogP contribution in [0.2, 0.25) is 0 Å². The van der Waals surface area contributed by atoms with Gasteiger partial charge in [0, 0.05) is 25.7 Å². The number of nitrogens with zero attached hydrogens (tertiary/aromatic N) is 2. The molecule has 34 heavy (non-hydrogen) atoms. The molecule has 0 saturated heterocycles. The summed E-state index contributed by atoms with van der Waals surface area (Å²) >= 11 is 0. The molecule has 4 N–H and O–H groups in total. The molecule has 0 aliphatic carbocycles. The Kier molecular flexibility index (Phi) is 10.6. The molecular formula is C24H26N4O6. The minimum Gasteiger partial charge on any atom is -0.481 e. The summed E-state index contributed by atoms with van der Waals surface area (Å²) in [4.78, 5) is 46.1. The first-order chi connectivity index (χ1) is 16.3. The zero-order valence-electron chi connectivity index (χ0n) is 18.4. The first kappa shape index (κ1) is 25.9. The smallest absolute Gasteiger partial charge is 0.303 e. The van der Waals surface area contributed by atoms with Gasteiger partial charge < -0.3 is 10.2 Å². The summed E-state index contributed by atoms with van der Waals surface area (Å²) < 4.78 is 0. The van der Waals surface area contributed by atoms with Gasteiger partial charge in [-0.2, -0.15) is 10.2 Å². The third-order valence-corrected chi connectivity index (χ3v) is 4.58. The van der Waals surface area contributed by atoms with Gasteiger partial charge in [-0.15, -0.1) is 0 Å². The van der Waals surface area contributed by atoms with E-state index in [2.05, 4.69) is 21.1 Å². The highest BCUT2D eigenvalue weighted by Gasteiger charge is 2.11. The molecule has 2 aromatic carbocycles. The summed E-state index contributed by atoms with van der Waals surface area (Å²) in [7, 11) is 0. The number of carboxylic acid groups (broad SMARTS) is 2. The van der Waals surface area contributed by atoms with Crippen molar-refractivity contribution in [1.82, 2.24) is 10.9 Å². The second-order valence-electron chi connectivity index (χ2n) is 7.21. The topological polar surface area (TPSA) is 158 Å². The first-order valence-electron chi connectivity index (χ1n) is 10.6. The Balaban J connectivity index is 1.92. The number of nitrogens with one attached hydrogen (secondary N) is 2. The fraction of sp³-hybridized carbons (Fsp3) is 0.250. The number of hydrogen-bond acceptors (Lipinski definition) is 6. The Morgan fingerprint density at radius 3 is 1.24 bits per heavy atom. The quantitative estimate of drug-likeness (QED) is 0.262. The molecule has 178 valence electrons. The molecule has 0 aliphatic heterocycles. The van der Waals surface area contributed by atoms with Crippen molar-refractivity contribution in [2.24, 2.45) is 10.2 Å². The molecule has 0 unspecified atom stereocenters. The van der Waals surface area contributed by atoms with Crippen LogP contribution in [0.1, 0.15) is 49.7 Å². The zero-order chi connectivity index (χ0) is 24.8. The Morgan fingerprint density at radius 2 is 0.912 bits per heavy atom. The van der Waals surface area contributed by atoms with Crippen molar-refractivity contribution in [1.29, 1.82) is 0 Å². The lowest BCUT2D eigenvalue weighted by molar-refractivity contribution is -0.137. The molecule has 2 rings (SSSR count). The summed E-state index contributed by atoms with van der Waals surface area (Å²) in [5.74, 6) is -3.00. The molecule has 0 saturated carbocycles. The average Bonchev–Trinajstić information content (AvgIpc) is 2.83. The standard InChI is InChI=1S/C24H26N4O6/c29-21(27-25-19(11-15-23(31)32)17-7-3-1-4-8-17)13-14-22(30)28-26-20(12-16-24(33)34)18-9-5-2-6-10-18/h1-10H,11-16H2,(H,27,29)(H,28,30)(H,31,32)(H,33,34). The summed E-state index contributed by atoms with van der Waals surface area (Å²) in [5, 5.41) is 25.9. The number of rotatable bonds is 13. The number of carbonyl (C=O) groups excluding carboxylic acids is 2. The molecule has 0 radical (unpaired) electrons. The van der Waals surface area contributed by atoms with Crippen LogP contribution in [0.5, 0.6) is 0 Å². The van der Waals surface area contributed by atoms with Crippen molar-refractivity contribution in [3.63, 3.8) is 0 Å². The SMILES string of the molecule is O=C(O)CCC(=NNC(=O)CCC(=O)NN=C(CCC(=O)O)c1ccccc1)c1ccccc1. The van der Waals surface area contributed by atoms with Crippen molar-refractivity contribution in [2.75, 3.05) is 0 Å². The highest BCUT2D eigenvalue weighted by atomic mass is 16.4. The molecule has 0 aliphatic rings. The van der Waals surface area contributed by atoms with Gasteiger partial charge in [0.2, 0.25) is 11.8 Å². The molecule has 0 atom stereocenters. The molecule has 0 aromatic heterocycles. The number of hydrazone groups is 2. The predicted octanol–water partition coefficient (Wildman–Crippen LogP) is 2.54. The van der Waals surface area contributed by atoms with Crippen molar-refractivity contribution in [2.45, 2.75) is 38.5 Å². The number of carbonyl (C=O) groups is 4. The van der Waals surface area contributed by atoms with Crippen LogP contribution in [0.15, 0.2) is 70.9 Å². The maximum Gasteiger partial charge on any atom is 0.303 e. The van der Waals surface area contributed by atoms with Crippen molar-refractivity contribution in [3.8, 4) is 0 Å². The van der Waals surface area contributed by atoms with Gasteiger partial charge in [-0.25, -0.2) is 10.9 Å². The second kappa shape index (κ2) is 13.9.